The molecule has 0 spiro atoms. The number of aryl methyl sites for hydroxylation is 1. The second-order valence-electron chi connectivity index (χ2n) is 11.9. The first-order valence-electron chi connectivity index (χ1n) is 15.4. The number of imidazole rings is 2. The van der Waals surface area contributed by atoms with Gasteiger partial charge in [0.05, 0.1) is 26.6 Å². The van der Waals surface area contributed by atoms with Gasteiger partial charge >= 0.3 is 5.65 Å². The van der Waals surface area contributed by atoms with Gasteiger partial charge in [-0.25, -0.2) is 18.8 Å². The van der Waals surface area contributed by atoms with Crippen molar-refractivity contribution < 1.29 is 94.5 Å². The fourth-order valence-corrected chi connectivity index (χ4v) is 12.0. The standard InChI is InChI=1S/C22H32N10O20P4S.4H3N/c1-30-6-32(16-10(30)18(37)29-22(24)27-16)20-14(45-2)12(34)8(49-20)4-47-54(40,41)51-56(44,57)52-55(42,43)50-53(38,39)46-3-7-11(33)13(35)19(48-7)31-5-25-9-15(31)26-21(23)28-17(9)36;;;;/h5-8,11-14,19-20,33-35H,3-4H2,1-2H3,(H9-,23,24,26,27,28,29,36,37,38,39,40,41,42,43,44,57);4*1H3/t7-,8-,11+,12+,13?,14?,19-,20-,56?;;;;/m1..../s1. The van der Waals surface area contributed by atoms with Crippen LogP contribution in [0.15, 0.2) is 17.4 Å². The van der Waals surface area contributed by atoms with Crippen LogP contribution in [0.2, 0.25) is 0 Å². The number of rotatable bonds is 15. The number of phosphoric acid groups is 3. The molecule has 6 rings (SSSR count). The van der Waals surface area contributed by atoms with Gasteiger partial charge in [-0.1, -0.05) is 16.8 Å². The van der Waals surface area contributed by atoms with E-state index in [9.17, 15) is 58.5 Å². The number of ether oxygens (including phenoxy) is 3. The van der Waals surface area contributed by atoms with Gasteiger partial charge in [0.25, 0.3) is 35.0 Å². The number of aromatic nitrogens is 8. The Labute approximate surface area is 345 Å². The van der Waals surface area contributed by atoms with Crippen molar-refractivity contribution in [3.05, 3.63) is 23.0 Å². The third kappa shape index (κ3) is 11.5. The summed E-state index contributed by atoms with van der Waals surface area (Å²) in [6.07, 6.45) is -10.5. The number of nitrogens with two attached hydrogens (primary N) is 2. The molecule has 4 aromatic rings. The lowest BCUT2D eigenvalue weighted by Gasteiger charge is -2.39. The van der Waals surface area contributed by atoms with Gasteiger partial charge in [-0.15, -0.1) is 0 Å². The van der Waals surface area contributed by atoms with Crippen molar-refractivity contribution in [2.45, 2.75) is 49.1 Å². The summed E-state index contributed by atoms with van der Waals surface area (Å²) in [5, 5.41) is 44.1. The second kappa shape index (κ2) is 19.7. The number of anilines is 2. The van der Waals surface area contributed by atoms with Crippen LogP contribution in [-0.2, 0) is 68.7 Å². The van der Waals surface area contributed by atoms with Crippen molar-refractivity contribution in [3.63, 3.8) is 0 Å². The molecule has 2 saturated heterocycles. The number of aliphatic hydroxyl groups is 3. The number of nitrogens with one attached hydrogen (secondary N) is 1. The predicted octanol–water partition coefficient (Wildman–Crippen LogP) is -4.90. The molecule has 2 fully saturated rings. The first-order chi connectivity index (χ1) is 26.4. The molecule has 34 nitrogen and oxygen atoms in total. The van der Waals surface area contributed by atoms with Crippen LogP contribution in [0.3, 0.4) is 0 Å². The minimum atomic E-state index is -6.43. The number of quaternary nitrogens is 4. The lowest BCUT2D eigenvalue weighted by atomic mass is 10.1. The lowest BCUT2D eigenvalue weighted by molar-refractivity contribution is -0.746. The van der Waals surface area contributed by atoms with Gasteiger partial charge in [0.1, 0.15) is 43.3 Å². The zero-order valence-electron chi connectivity index (χ0n) is 32.5. The Morgan fingerprint density at radius 3 is 2.08 bits per heavy atom. The number of nitrogen functional groups attached to an aromatic ring is 2. The quantitative estimate of drug-likeness (QED) is 0.0394. The highest BCUT2D eigenvalue weighted by Crippen LogP contribution is 2.67. The SMILES string of the molecule is COC1[C@@H](O)[C@@H](COP(=O)([O-])OP([O-])(=S)OP(=O)([O-])OP(=O)([O-])OC[C@H]2O[C@@H](n3cnc4c(=O)[nH]c(N)nc43)C(O)[C@H]2O)O[C@H]1[n+]1cn(C)c2c([O-])nc(N)nc21.[NH4+].[NH4+].[NH4+].[NH4+]. The van der Waals surface area contributed by atoms with Crippen LogP contribution in [0.1, 0.15) is 12.5 Å². The molecule has 39 heteroatoms. The lowest BCUT2D eigenvalue weighted by Crippen LogP contribution is -2.46. The predicted molar refractivity (Wildman–Crippen MR) is 198 cm³/mol. The van der Waals surface area contributed by atoms with Gasteiger partial charge in [0.2, 0.25) is 12.2 Å². The molecule has 2 aliphatic rings. The zero-order valence-corrected chi connectivity index (χ0v) is 36.8. The third-order valence-electron chi connectivity index (χ3n) is 8.06. The van der Waals surface area contributed by atoms with Crippen LogP contribution in [-0.4, -0.2) is 106 Å². The molecule has 6 unspecified atom stereocenters. The molecule has 0 radical (unpaired) electrons. The molecule has 0 amide bonds. The molecular formula is C22H44N14O20P4S. The number of hydrogen-bond donors (Lipinski definition) is 10. The van der Waals surface area contributed by atoms with Crippen LogP contribution >= 0.6 is 30.2 Å². The Morgan fingerprint density at radius 1 is 0.902 bits per heavy atom. The maximum atomic E-state index is 12.6. The highest BCUT2D eigenvalue weighted by molar-refractivity contribution is 8.09. The van der Waals surface area contributed by atoms with Gasteiger partial charge in [-0.05, 0) is 0 Å². The molecule has 2 aliphatic heterocycles. The second-order valence-corrected chi connectivity index (χ2v) is 19.3. The molecule has 0 aliphatic carbocycles. The number of H-pyrrole nitrogens is 1. The molecule has 348 valence electrons. The topological polar surface area (TPSA) is 597 Å². The molecule has 61 heavy (non-hydrogen) atoms. The summed E-state index contributed by atoms with van der Waals surface area (Å²) in [6.45, 7) is -8.14. The first-order valence-corrected chi connectivity index (χ1v) is 22.3. The maximum Gasteiger partial charge on any atom is 0.309 e. The maximum absolute atomic E-state index is 12.6. The number of nitrogens with zero attached hydrogens (tertiary/aromatic N) is 7. The summed E-state index contributed by atoms with van der Waals surface area (Å²) < 4.78 is 77.8. The van der Waals surface area contributed by atoms with Gasteiger partial charge in [0.15, 0.2) is 29.2 Å². The van der Waals surface area contributed by atoms with E-state index in [2.05, 4.69) is 58.7 Å². The third-order valence-corrected chi connectivity index (χ3v) is 15.0. The monoisotopic (exact) mass is 980 g/mol. The van der Waals surface area contributed by atoms with Crippen LogP contribution in [0.5, 0.6) is 5.88 Å². The number of aromatic amines is 1. The summed E-state index contributed by atoms with van der Waals surface area (Å²) in [5.74, 6) is -1.48. The molecule has 0 saturated carbocycles. The van der Waals surface area contributed by atoms with Crippen LogP contribution < -0.4 is 70.9 Å². The number of phosphoric ester groups is 2. The number of hydrogen-bond acceptors (Lipinski definition) is 27. The van der Waals surface area contributed by atoms with Gasteiger partial charge in [0, 0.05) is 13.0 Å². The van der Waals surface area contributed by atoms with Crippen LogP contribution in [0.4, 0.5) is 11.9 Å². The summed E-state index contributed by atoms with van der Waals surface area (Å²) in [7, 11) is -15.8. The zero-order chi connectivity index (χ0) is 42.0. The van der Waals surface area contributed by atoms with Crippen molar-refractivity contribution in [2.75, 3.05) is 31.8 Å². The molecule has 0 bridgehead atoms. The average Bonchev–Trinajstić information content (AvgIpc) is 3.80. The van der Waals surface area contributed by atoms with E-state index < -0.39 is 110 Å². The Hall–Kier alpha value is -3.12. The normalized spacial score (nSPS) is 27.7. The summed E-state index contributed by atoms with van der Waals surface area (Å²) in [6, 6.07) is 0. The smallest absolute Gasteiger partial charge is 0.309 e. The van der Waals surface area contributed by atoms with Crippen LogP contribution in [0, 0.1) is 0 Å². The van der Waals surface area contributed by atoms with Crippen molar-refractivity contribution in [2.24, 2.45) is 7.05 Å². The minimum Gasteiger partial charge on any atom is -0.856 e. The van der Waals surface area contributed by atoms with E-state index in [1.54, 1.807) is 0 Å². The Balaban J connectivity index is 0.00000320. The van der Waals surface area contributed by atoms with E-state index in [1.807, 2.05) is 0 Å². The van der Waals surface area contributed by atoms with E-state index >= 15 is 0 Å². The van der Waals surface area contributed by atoms with E-state index in [0.29, 0.717) is 0 Å². The fraction of sp³-hybridized carbons (Fsp3) is 0.545. The molecule has 12 atom stereocenters. The van der Waals surface area contributed by atoms with E-state index in [-0.39, 0.29) is 52.9 Å². The van der Waals surface area contributed by atoms with Crippen molar-refractivity contribution in [1.29, 1.82) is 0 Å². The largest absolute Gasteiger partial charge is 0.856 e. The van der Waals surface area contributed by atoms with E-state index in [0.717, 1.165) is 10.9 Å². The molecular weight excluding hydrogens is 936 g/mol. The van der Waals surface area contributed by atoms with Gasteiger partial charge in [-0.2, -0.15) is 4.98 Å². The number of fused-ring (bicyclic) bond motifs is 2. The summed E-state index contributed by atoms with van der Waals surface area (Å²) in [5.41, 5.74) is 9.87. The van der Waals surface area contributed by atoms with E-state index in [4.69, 9.17) is 25.7 Å². The number of aliphatic hydroxyl groups excluding tert-OH is 3. The van der Waals surface area contributed by atoms with Crippen molar-refractivity contribution >= 4 is 76.2 Å². The molecule has 0 aromatic carbocycles. The van der Waals surface area contributed by atoms with Gasteiger partial charge < -0.3 is 99.3 Å². The van der Waals surface area contributed by atoms with E-state index in [1.165, 1.54) is 29.6 Å². The van der Waals surface area contributed by atoms with Crippen molar-refractivity contribution in [3.8, 4) is 5.88 Å². The summed E-state index contributed by atoms with van der Waals surface area (Å²) >= 11 is 4.27. The minimum absolute atomic E-state index is 0. The van der Waals surface area contributed by atoms with Crippen LogP contribution in [0.25, 0.3) is 22.3 Å². The van der Waals surface area contributed by atoms with Gasteiger partial charge in [-0.3, -0.25) is 41.2 Å². The average molecular weight is 981 g/mol. The fourth-order valence-electron chi connectivity index (χ4n) is 5.75. The van der Waals surface area contributed by atoms with Crippen molar-refractivity contribution in [1.82, 2.24) is 58.7 Å². The molecule has 24 N–H and O–H groups in total. The highest BCUT2D eigenvalue weighted by Gasteiger charge is 2.49. The Bertz CT molecular complexity index is 2440. The number of methoxy groups -OCH3 is 1. The Kier molecular flexibility index (Phi) is 17.5. The summed E-state index contributed by atoms with van der Waals surface area (Å²) in [4.78, 5) is 79.3. The molecule has 4 aromatic heterocycles. The highest BCUT2D eigenvalue weighted by atomic mass is 32.5. The molecule has 6 heterocycles. The first kappa shape index (κ1) is 54.0. The Morgan fingerprint density at radius 2 is 1.48 bits per heavy atom.